The minimum atomic E-state index is -0.902. The number of benzene rings is 2. The van der Waals surface area contributed by atoms with Gasteiger partial charge in [0.25, 0.3) is 0 Å². The lowest BCUT2D eigenvalue weighted by Crippen LogP contribution is -2.16. The van der Waals surface area contributed by atoms with E-state index < -0.39 is 11.6 Å². The first kappa shape index (κ1) is 13.9. The van der Waals surface area contributed by atoms with Crippen LogP contribution >= 0.6 is 11.6 Å². The van der Waals surface area contributed by atoms with E-state index in [1.807, 2.05) is 0 Å². The van der Waals surface area contributed by atoms with Crippen molar-refractivity contribution < 1.29 is 18.3 Å². The molecule has 3 nitrogen and oxygen atoms in total. The van der Waals surface area contributed by atoms with Crippen molar-refractivity contribution >= 4 is 17.3 Å². The van der Waals surface area contributed by atoms with E-state index >= 15 is 0 Å². The molecule has 0 amide bonds. The van der Waals surface area contributed by atoms with E-state index in [1.54, 1.807) is 12.1 Å². The van der Waals surface area contributed by atoms with Gasteiger partial charge in [-0.05, 0) is 29.8 Å². The first-order valence-electron chi connectivity index (χ1n) is 6.41. The number of hydrogen-bond acceptors (Lipinski definition) is 3. The summed E-state index contributed by atoms with van der Waals surface area (Å²) in [7, 11) is 0. The highest BCUT2D eigenvalue weighted by atomic mass is 35.5. The predicted molar refractivity (Wildman–Crippen MR) is 76.1 cm³/mol. The van der Waals surface area contributed by atoms with E-state index in [-0.39, 0.29) is 12.2 Å². The van der Waals surface area contributed by atoms with Crippen LogP contribution in [0.3, 0.4) is 0 Å². The fourth-order valence-corrected chi connectivity index (χ4v) is 2.39. The molecule has 0 atom stereocenters. The Hall–Kier alpha value is -2.01. The molecule has 21 heavy (non-hydrogen) atoms. The highest BCUT2D eigenvalue weighted by molar-refractivity contribution is 6.32. The zero-order valence-corrected chi connectivity index (χ0v) is 11.7. The molecule has 1 aliphatic heterocycles. The molecule has 2 aromatic carbocycles. The van der Waals surface area contributed by atoms with Crippen LogP contribution in [-0.4, -0.2) is 13.2 Å². The number of nitrogens with one attached hydrogen (secondary N) is 1. The molecule has 0 unspecified atom stereocenters. The predicted octanol–water partition coefficient (Wildman–Crippen LogP) is 4.00. The van der Waals surface area contributed by atoms with Crippen LogP contribution in [0.4, 0.5) is 14.5 Å². The van der Waals surface area contributed by atoms with Crippen LogP contribution in [0.15, 0.2) is 30.3 Å². The average molecular weight is 312 g/mol. The minimum Gasteiger partial charge on any atom is -0.486 e. The van der Waals surface area contributed by atoms with Gasteiger partial charge in [0, 0.05) is 6.54 Å². The Bertz CT molecular complexity index is 679. The van der Waals surface area contributed by atoms with Crippen LogP contribution in [0.1, 0.15) is 5.56 Å². The van der Waals surface area contributed by atoms with Gasteiger partial charge >= 0.3 is 0 Å². The van der Waals surface area contributed by atoms with Crippen molar-refractivity contribution in [3.63, 3.8) is 0 Å². The first-order chi connectivity index (χ1) is 10.1. The minimum absolute atomic E-state index is 0.0982. The van der Waals surface area contributed by atoms with Crippen molar-refractivity contribution in [3.8, 4) is 11.5 Å². The van der Waals surface area contributed by atoms with E-state index in [0.717, 1.165) is 11.6 Å². The number of halogens is 3. The van der Waals surface area contributed by atoms with Crippen molar-refractivity contribution in [1.29, 1.82) is 0 Å². The van der Waals surface area contributed by atoms with Gasteiger partial charge in [-0.2, -0.15) is 0 Å². The van der Waals surface area contributed by atoms with Crippen molar-refractivity contribution in [2.45, 2.75) is 6.54 Å². The molecule has 0 aromatic heterocycles. The number of anilines is 1. The van der Waals surface area contributed by atoms with Gasteiger partial charge in [0.05, 0.1) is 10.7 Å². The second-order valence-electron chi connectivity index (χ2n) is 4.56. The Morgan fingerprint density at radius 3 is 2.81 bits per heavy atom. The van der Waals surface area contributed by atoms with Gasteiger partial charge < -0.3 is 14.8 Å². The van der Waals surface area contributed by atoms with Gasteiger partial charge in [0.2, 0.25) is 0 Å². The molecule has 3 rings (SSSR count). The molecule has 0 bridgehead atoms. The molecule has 0 saturated carbocycles. The molecule has 1 aliphatic rings. The first-order valence-corrected chi connectivity index (χ1v) is 6.79. The Balaban J connectivity index is 1.79. The maximum atomic E-state index is 13.5. The number of rotatable bonds is 3. The summed E-state index contributed by atoms with van der Waals surface area (Å²) >= 11 is 6.12. The summed E-state index contributed by atoms with van der Waals surface area (Å²) in [5.41, 5.74) is 0.883. The molecule has 110 valence electrons. The standard InChI is InChI=1S/C15H12ClF2NO2/c16-10-6-9(7-13-15(10)21-5-4-20-13)8-19-12-3-1-2-11(17)14(12)18/h1-3,6-7,19H,4-5,8H2. The molecule has 6 heteroatoms. The summed E-state index contributed by atoms with van der Waals surface area (Å²) in [6.07, 6.45) is 0. The molecule has 0 saturated heterocycles. The summed E-state index contributed by atoms with van der Waals surface area (Å²) in [5.74, 6) is -0.713. The van der Waals surface area contributed by atoms with Crippen LogP contribution in [0.2, 0.25) is 5.02 Å². The van der Waals surface area contributed by atoms with E-state index in [4.69, 9.17) is 21.1 Å². The van der Waals surface area contributed by atoms with Crippen LogP contribution in [0.25, 0.3) is 0 Å². The third-order valence-corrected chi connectivity index (χ3v) is 3.37. The van der Waals surface area contributed by atoms with Crippen molar-refractivity contribution in [1.82, 2.24) is 0 Å². The van der Waals surface area contributed by atoms with Gasteiger partial charge in [-0.3, -0.25) is 0 Å². The van der Waals surface area contributed by atoms with Crippen LogP contribution < -0.4 is 14.8 Å². The molecule has 1 heterocycles. The monoisotopic (exact) mass is 311 g/mol. The molecular formula is C15H12ClF2NO2. The number of ether oxygens (including phenoxy) is 2. The smallest absolute Gasteiger partial charge is 0.181 e. The van der Waals surface area contributed by atoms with Crippen molar-refractivity contribution in [3.05, 3.63) is 52.6 Å². The quantitative estimate of drug-likeness (QED) is 0.929. The topological polar surface area (TPSA) is 30.5 Å². The van der Waals surface area contributed by atoms with E-state index in [0.29, 0.717) is 29.7 Å². The Morgan fingerprint density at radius 2 is 1.95 bits per heavy atom. The highest BCUT2D eigenvalue weighted by Crippen LogP contribution is 2.38. The summed E-state index contributed by atoms with van der Waals surface area (Å²) in [6.45, 7) is 1.20. The van der Waals surface area contributed by atoms with Gasteiger partial charge in [0.15, 0.2) is 23.1 Å². The van der Waals surface area contributed by atoms with E-state index in [2.05, 4.69) is 5.32 Å². The molecule has 2 aromatic rings. The lowest BCUT2D eigenvalue weighted by atomic mass is 10.2. The van der Waals surface area contributed by atoms with Crippen molar-refractivity contribution in [2.24, 2.45) is 0 Å². The van der Waals surface area contributed by atoms with Crippen LogP contribution in [0.5, 0.6) is 11.5 Å². The maximum absolute atomic E-state index is 13.5. The molecule has 0 aliphatic carbocycles. The van der Waals surface area contributed by atoms with Gasteiger partial charge in [-0.25, -0.2) is 8.78 Å². The fourth-order valence-electron chi connectivity index (χ4n) is 2.10. The van der Waals surface area contributed by atoms with Crippen LogP contribution in [0, 0.1) is 11.6 Å². The molecule has 1 N–H and O–H groups in total. The van der Waals surface area contributed by atoms with Gasteiger partial charge in [-0.1, -0.05) is 17.7 Å². The Morgan fingerprint density at radius 1 is 1.14 bits per heavy atom. The second-order valence-corrected chi connectivity index (χ2v) is 4.96. The third kappa shape index (κ3) is 2.88. The third-order valence-electron chi connectivity index (χ3n) is 3.09. The maximum Gasteiger partial charge on any atom is 0.181 e. The highest BCUT2D eigenvalue weighted by Gasteiger charge is 2.16. The summed E-state index contributed by atoms with van der Waals surface area (Å²) in [5, 5.41) is 3.27. The van der Waals surface area contributed by atoms with Gasteiger partial charge in [-0.15, -0.1) is 0 Å². The lowest BCUT2D eigenvalue weighted by Gasteiger charge is -2.20. The molecule has 0 fully saturated rings. The summed E-state index contributed by atoms with van der Waals surface area (Å²) in [4.78, 5) is 0. The average Bonchev–Trinajstić information content (AvgIpc) is 2.49. The normalized spacial score (nSPS) is 13.1. The van der Waals surface area contributed by atoms with Crippen LogP contribution in [-0.2, 0) is 6.54 Å². The Kier molecular flexibility index (Phi) is 3.84. The largest absolute Gasteiger partial charge is 0.486 e. The van der Waals surface area contributed by atoms with E-state index in [9.17, 15) is 8.78 Å². The van der Waals surface area contributed by atoms with Gasteiger partial charge in [0.1, 0.15) is 13.2 Å². The second kappa shape index (κ2) is 5.77. The van der Waals surface area contributed by atoms with Crippen molar-refractivity contribution in [2.75, 3.05) is 18.5 Å². The zero-order chi connectivity index (χ0) is 14.8. The Labute approximate surface area is 125 Å². The summed E-state index contributed by atoms with van der Waals surface area (Å²) in [6, 6.07) is 7.46. The zero-order valence-electron chi connectivity index (χ0n) is 11.0. The number of fused-ring (bicyclic) bond motifs is 1. The number of hydrogen-bond donors (Lipinski definition) is 1. The van der Waals surface area contributed by atoms with E-state index in [1.165, 1.54) is 12.1 Å². The molecule has 0 radical (unpaired) electrons. The lowest BCUT2D eigenvalue weighted by molar-refractivity contribution is 0.171. The molecule has 0 spiro atoms. The summed E-state index contributed by atoms with van der Waals surface area (Å²) < 4.78 is 37.6. The SMILES string of the molecule is Fc1cccc(NCc2cc(Cl)c3c(c2)OCCO3)c1F. The molecular weight excluding hydrogens is 300 g/mol. The fraction of sp³-hybridized carbons (Fsp3) is 0.200.